The Labute approximate surface area is 128 Å². The highest BCUT2D eigenvalue weighted by Crippen LogP contribution is 2.34. The summed E-state index contributed by atoms with van der Waals surface area (Å²) in [7, 11) is 1.45. The van der Waals surface area contributed by atoms with E-state index in [1.54, 1.807) is 0 Å². The third-order valence-corrected chi connectivity index (χ3v) is 4.99. The van der Waals surface area contributed by atoms with Crippen LogP contribution in [0.15, 0.2) is 24.3 Å². The predicted octanol–water partition coefficient (Wildman–Crippen LogP) is 3.41. The van der Waals surface area contributed by atoms with Crippen LogP contribution < -0.4 is 0 Å². The van der Waals surface area contributed by atoms with Gasteiger partial charge in [-0.15, -0.1) is 0 Å². The maximum Gasteiger partial charge on any atom is 0.309 e. The van der Waals surface area contributed by atoms with Gasteiger partial charge in [0.15, 0.2) is 0 Å². The van der Waals surface area contributed by atoms with E-state index in [-0.39, 0.29) is 5.97 Å². The molecule has 1 aliphatic rings. The van der Waals surface area contributed by atoms with Crippen LogP contribution in [0.2, 0.25) is 0 Å². The van der Waals surface area contributed by atoms with E-state index < -0.39 is 0 Å². The molecule has 0 spiro atoms. The highest BCUT2D eigenvalue weighted by atomic mass is 16.5. The van der Waals surface area contributed by atoms with Gasteiger partial charge in [0, 0.05) is 6.54 Å². The van der Waals surface area contributed by atoms with E-state index in [0.29, 0.717) is 11.8 Å². The van der Waals surface area contributed by atoms with Gasteiger partial charge in [0.1, 0.15) is 0 Å². The van der Waals surface area contributed by atoms with Crippen molar-refractivity contribution in [1.29, 1.82) is 0 Å². The standard InChI is InChI=1S/C18H27NO2/c1-4-18(2)9-11-19(12-10-18)14-16-8-6-5-7-15(16)13-17(20)21-3/h5-8H,4,9-14H2,1-3H3. The van der Waals surface area contributed by atoms with E-state index in [4.69, 9.17) is 4.74 Å². The van der Waals surface area contributed by atoms with Gasteiger partial charge < -0.3 is 4.74 Å². The van der Waals surface area contributed by atoms with E-state index in [9.17, 15) is 4.79 Å². The third-order valence-electron chi connectivity index (χ3n) is 4.99. The average Bonchev–Trinajstić information content (AvgIpc) is 2.51. The van der Waals surface area contributed by atoms with Gasteiger partial charge in [0.2, 0.25) is 0 Å². The molecule has 1 heterocycles. The largest absolute Gasteiger partial charge is 0.469 e. The Bertz CT molecular complexity index is 476. The molecule has 0 saturated carbocycles. The second kappa shape index (κ2) is 7.08. The lowest BCUT2D eigenvalue weighted by Gasteiger charge is -2.39. The third kappa shape index (κ3) is 4.31. The van der Waals surface area contributed by atoms with Crippen LogP contribution in [-0.2, 0) is 22.5 Å². The van der Waals surface area contributed by atoms with Crippen LogP contribution in [0.4, 0.5) is 0 Å². The molecule has 1 aliphatic heterocycles. The van der Waals surface area contributed by atoms with Crippen molar-refractivity contribution < 1.29 is 9.53 Å². The van der Waals surface area contributed by atoms with Crippen LogP contribution >= 0.6 is 0 Å². The van der Waals surface area contributed by atoms with Gasteiger partial charge in [-0.1, -0.05) is 44.5 Å². The Morgan fingerprint density at radius 2 is 1.86 bits per heavy atom. The number of benzene rings is 1. The van der Waals surface area contributed by atoms with Gasteiger partial charge >= 0.3 is 5.97 Å². The lowest BCUT2D eigenvalue weighted by Crippen LogP contribution is -2.38. The van der Waals surface area contributed by atoms with Crippen molar-refractivity contribution in [2.45, 2.75) is 46.1 Å². The smallest absolute Gasteiger partial charge is 0.309 e. The normalized spacial score (nSPS) is 18.4. The monoisotopic (exact) mass is 289 g/mol. The highest BCUT2D eigenvalue weighted by Gasteiger charge is 2.28. The summed E-state index contributed by atoms with van der Waals surface area (Å²) in [6, 6.07) is 8.21. The van der Waals surface area contributed by atoms with Crippen LogP contribution in [0.25, 0.3) is 0 Å². The molecule has 1 aromatic rings. The molecule has 2 rings (SSSR count). The number of ether oxygens (including phenoxy) is 1. The number of carbonyl (C=O) groups excluding carboxylic acids is 1. The van der Waals surface area contributed by atoms with Gasteiger partial charge in [0.05, 0.1) is 13.5 Å². The van der Waals surface area contributed by atoms with Gasteiger partial charge in [0.25, 0.3) is 0 Å². The fourth-order valence-electron chi connectivity index (χ4n) is 2.96. The van der Waals surface area contributed by atoms with E-state index >= 15 is 0 Å². The summed E-state index contributed by atoms with van der Waals surface area (Å²) in [4.78, 5) is 14.0. The molecule has 3 heteroatoms. The zero-order valence-electron chi connectivity index (χ0n) is 13.5. The number of esters is 1. The maximum absolute atomic E-state index is 11.5. The maximum atomic E-state index is 11.5. The SMILES string of the molecule is CCC1(C)CCN(Cc2ccccc2CC(=O)OC)CC1. The Kier molecular flexibility index (Phi) is 5.40. The number of likely N-dealkylation sites (tertiary alicyclic amines) is 1. The molecular formula is C18H27NO2. The second-order valence-corrected chi connectivity index (χ2v) is 6.46. The molecule has 3 nitrogen and oxygen atoms in total. The van der Waals surface area contributed by atoms with E-state index in [2.05, 4.69) is 30.9 Å². The summed E-state index contributed by atoms with van der Waals surface area (Å²) in [5.74, 6) is -0.167. The van der Waals surface area contributed by atoms with Crippen molar-refractivity contribution in [2.75, 3.05) is 20.2 Å². The Morgan fingerprint density at radius 1 is 1.24 bits per heavy atom. The fourth-order valence-corrected chi connectivity index (χ4v) is 2.96. The number of carbonyl (C=O) groups is 1. The average molecular weight is 289 g/mol. The van der Waals surface area contributed by atoms with Crippen molar-refractivity contribution in [3.05, 3.63) is 35.4 Å². The minimum atomic E-state index is -0.167. The molecule has 0 aliphatic carbocycles. The van der Waals surface area contributed by atoms with Crippen molar-refractivity contribution in [1.82, 2.24) is 4.90 Å². The lowest BCUT2D eigenvalue weighted by atomic mass is 9.78. The van der Waals surface area contributed by atoms with Crippen molar-refractivity contribution in [3.63, 3.8) is 0 Å². The second-order valence-electron chi connectivity index (χ2n) is 6.46. The molecule has 21 heavy (non-hydrogen) atoms. The van der Waals surface area contributed by atoms with Gasteiger partial charge in [-0.25, -0.2) is 0 Å². The number of methoxy groups -OCH3 is 1. The summed E-state index contributed by atoms with van der Waals surface area (Å²) in [6.07, 6.45) is 4.16. The number of nitrogens with zero attached hydrogens (tertiary/aromatic N) is 1. The van der Waals surface area contributed by atoms with Crippen molar-refractivity contribution in [2.24, 2.45) is 5.41 Å². The van der Waals surface area contributed by atoms with Gasteiger partial charge in [-0.3, -0.25) is 9.69 Å². The van der Waals surface area contributed by atoms with Crippen LogP contribution in [0, 0.1) is 5.41 Å². The Hall–Kier alpha value is -1.35. The molecule has 0 radical (unpaired) electrons. The van der Waals surface area contributed by atoms with Crippen LogP contribution in [0.1, 0.15) is 44.2 Å². The van der Waals surface area contributed by atoms with Crippen LogP contribution in [-0.4, -0.2) is 31.1 Å². The predicted molar refractivity (Wildman–Crippen MR) is 85.1 cm³/mol. The van der Waals surface area contributed by atoms with E-state index in [1.807, 2.05) is 12.1 Å². The van der Waals surface area contributed by atoms with Crippen molar-refractivity contribution in [3.8, 4) is 0 Å². The number of rotatable bonds is 5. The molecule has 1 saturated heterocycles. The summed E-state index contributed by atoms with van der Waals surface area (Å²) in [5.41, 5.74) is 2.86. The first-order valence-electron chi connectivity index (χ1n) is 7.92. The molecule has 0 amide bonds. The fraction of sp³-hybridized carbons (Fsp3) is 0.611. The van der Waals surface area contributed by atoms with Gasteiger partial charge in [-0.2, -0.15) is 0 Å². The Morgan fingerprint density at radius 3 is 2.43 bits per heavy atom. The first-order valence-corrected chi connectivity index (χ1v) is 7.92. The summed E-state index contributed by atoms with van der Waals surface area (Å²) in [6.45, 7) is 7.93. The molecule has 0 atom stereocenters. The molecule has 0 bridgehead atoms. The highest BCUT2D eigenvalue weighted by molar-refractivity contribution is 5.72. The first-order chi connectivity index (χ1) is 10.1. The lowest BCUT2D eigenvalue weighted by molar-refractivity contribution is -0.139. The van der Waals surface area contributed by atoms with Crippen molar-refractivity contribution >= 4 is 5.97 Å². The zero-order chi connectivity index (χ0) is 15.3. The summed E-state index contributed by atoms with van der Waals surface area (Å²) >= 11 is 0. The topological polar surface area (TPSA) is 29.5 Å². The zero-order valence-corrected chi connectivity index (χ0v) is 13.5. The minimum Gasteiger partial charge on any atom is -0.469 e. The first kappa shape index (κ1) is 16.0. The quantitative estimate of drug-likeness (QED) is 0.778. The Balaban J connectivity index is 1.99. The molecule has 0 aromatic heterocycles. The minimum absolute atomic E-state index is 0.167. The van der Waals surface area contributed by atoms with E-state index in [0.717, 1.165) is 25.2 Å². The van der Waals surface area contributed by atoms with E-state index in [1.165, 1.54) is 31.9 Å². The van der Waals surface area contributed by atoms with Gasteiger partial charge in [-0.05, 0) is 42.5 Å². The molecule has 0 N–H and O–H groups in total. The molecule has 116 valence electrons. The van der Waals surface area contributed by atoms with Crippen LogP contribution in [0.3, 0.4) is 0 Å². The van der Waals surface area contributed by atoms with Crippen LogP contribution in [0.5, 0.6) is 0 Å². The molecule has 1 fully saturated rings. The number of piperidine rings is 1. The summed E-state index contributed by atoms with van der Waals surface area (Å²) in [5, 5.41) is 0. The molecule has 0 unspecified atom stereocenters. The number of hydrogen-bond acceptors (Lipinski definition) is 3. The summed E-state index contributed by atoms with van der Waals surface area (Å²) < 4.78 is 4.79. The molecular weight excluding hydrogens is 262 g/mol. The molecule has 1 aromatic carbocycles. The number of hydrogen-bond donors (Lipinski definition) is 0.